The fourth-order valence-corrected chi connectivity index (χ4v) is 4.66. The lowest BCUT2D eigenvalue weighted by Gasteiger charge is -2.33. The van der Waals surface area contributed by atoms with Crippen LogP contribution in [0.25, 0.3) is 10.9 Å². The maximum atomic E-state index is 6.11. The lowest BCUT2D eigenvalue weighted by Crippen LogP contribution is -2.38. The summed E-state index contributed by atoms with van der Waals surface area (Å²) in [4.78, 5) is 17.2. The number of fused-ring (bicyclic) bond motifs is 1. The summed E-state index contributed by atoms with van der Waals surface area (Å²) in [5, 5.41) is 5.48. The van der Waals surface area contributed by atoms with Crippen LogP contribution in [0.3, 0.4) is 0 Å². The van der Waals surface area contributed by atoms with E-state index in [1.165, 1.54) is 15.8 Å². The number of nitrogens with one attached hydrogen (secondary N) is 1. The molecule has 1 N–H and O–H groups in total. The van der Waals surface area contributed by atoms with Crippen molar-refractivity contribution in [3.63, 3.8) is 0 Å². The van der Waals surface area contributed by atoms with Gasteiger partial charge in [-0.15, -0.1) is 11.3 Å². The van der Waals surface area contributed by atoms with Gasteiger partial charge >= 0.3 is 0 Å². The molecule has 4 aromatic rings. The number of benzene rings is 1. The van der Waals surface area contributed by atoms with Crippen LogP contribution in [0.4, 0.5) is 10.8 Å². The molecule has 0 aliphatic carbocycles. The number of hydrogen-bond acceptors (Lipinski definition) is 7. The number of aromatic nitrogens is 3. The highest BCUT2D eigenvalue weighted by Crippen LogP contribution is 2.28. The van der Waals surface area contributed by atoms with E-state index in [0.717, 1.165) is 47.4 Å². The van der Waals surface area contributed by atoms with Crippen LogP contribution in [0.2, 0.25) is 0 Å². The summed E-state index contributed by atoms with van der Waals surface area (Å²) in [7, 11) is 0. The third-order valence-corrected chi connectivity index (χ3v) is 6.23. The van der Waals surface area contributed by atoms with Crippen molar-refractivity contribution in [3.05, 3.63) is 76.7 Å². The Balaban J connectivity index is 1.31. The molecule has 3 aromatic heterocycles. The number of hydrogen-bond donors (Lipinski definition) is 1. The molecule has 6 nitrogen and oxygen atoms in total. The first-order valence-corrected chi connectivity index (χ1v) is 11.3. The third-order valence-electron chi connectivity index (χ3n) is 5.40. The van der Waals surface area contributed by atoms with Gasteiger partial charge in [0.15, 0.2) is 5.13 Å². The number of morpholine rings is 1. The first kappa shape index (κ1) is 20.1. The number of pyridine rings is 2. The van der Waals surface area contributed by atoms with Gasteiger partial charge in [0.25, 0.3) is 0 Å². The summed E-state index contributed by atoms with van der Waals surface area (Å²) < 4.78 is 6.11. The van der Waals surface area contributed by atoms with Gasteiger partial charge in [0.2, 0.25) is 0 Å². The lowest BCUT2D eigenvalue weighted by molar-refractivity contribution is -0.0350. The van der Waals surface area contributed by atoms with E-state index in [1.54, 1.807) is 11.3 Å². The minimum Gasteiger partial charge on any atom is -0.369 e. The maximum Gasteiger partial charge on any atom is 0.187 e. The zero-order valence-corrected chi connectivity index (χ0v) is 18.5. The molecule has 5 rings (SSSR count). The zero-order chi connectivity index (χ0) is 21.2. The lowest BCUT2D eigenvalue weighted by atomic mass is 10.1. The highest BCUT2D eigenvalue weighted by Gasteiger charge is 2.24. The first-order valence-electron chi connectivity index (χ1n) is 10.5. The molecule has 1 saturated heterocycles. The Kier molecular flexibility index (Phi) is 5.63. The average molecular weight is 432 g/mol. The van der Waals surface area contributed by atoms with Crippen LogP contribution in [0.5, 0.6) is 0 Å². The van der Waals surface area contributed by atoms with Crippen molar-refractivity contribution in [3.8, 4) is 0 Å². The van der Waals surface area contributed by atoms with Crippen molar-refractivity contribution < 1.29 is 4.74 Å². The Labute approximate surface area is 185 Å². The molecule has 1 aliphatic heterocycles. The minimum atomic E-state index is -0.0469. The van der Waals surface area contributed by atoms with Crippen LogP contribution in [-0.2, 0) is 11.3 Å². The SMILES string of the molecule is Cc1cc(Nc2ncc(C)s2)cc(C2CN(Cc3ccc4ncccc4c3)CCO2)n1. The van der Waals surface area contributed by atoms with Crippen molar-refractivity contribution in [2.24, 2.45) is 0 Å². The fraction of sp³-hybridized carbons (Fsp3) is 0.292. The topological polar surface area (TPSA) is 63.2 Å². The van der Waals surface area contributed by atoms with E-state index < -0.39 is 0 Å². The Bertz CT molecular complexity index is 1210. The number of nitrogens with zero attached hydrogens (tertiary/aromatic N) is 4. The molecular formula is C24H25N5OS. The van der Waals surface area contributed by atoms with Gasteiger partial charge in [-0.2, -0.15) is 0 Å². The van der Waals surface area contributed by atoms with Gasteiger partial charge < -0.3 is 10.1 Å². The van der Waals surface area contributed by atoms with E-state index in [0.29, 0.717) is 6.61 Å². The summed E-state index contributed by atoms with van der Waals surface area (Å²) in [6, 6.07) is 14.7. The molecule has 1 atom stereocenters. The quantitative estimate of drug-likeness (QED) is 0.479. The van der Waals surface area contributed by atoms with Gasteiger partial charge in [-0.1, -0.05) is 12.1 Å². The molecule has 0 amide bonds. The molecule has 1 aliphatic rings. The Hall–Kier alpha value is -2.87. The largest absolute Gasteiger partial charge is 0.369 e. The van der Waals surface area contributed by atoms with Crippen LogP contribution < -0.4 is 5.32 Å². The number of thiazole rings is 1. The van der Waals surface area contributed by atoms with Crippen molar-refractivity contribution in [1.29, 1.82) is 0 Å². The number of aryl methyl sites for hydroxylation is 2. The van der Waals surface area contributed by atoms with E-state index in [-0.39, 0.29) is 6.10 Å². The fourth-order valence-electron chi connectivity index (χ4n) is 3.97. The average Bonchev–Trinajstić information content (AvgIpc) is 3.18. The second-order valence-electron chi connectivity index (χ2n) is 7.95. The molecule has 1 fully saturated rings. The molecular weight excluding hydrogens is 406 g/mol. The standard InChI is InChI=1S/C24H25N5OS/c1-16-10-20(28-24-26-13-17(2)31-24)12-22(27-16)23-15-29(8-9-30-23)14-18-5-6-21-19(11-18)4-3-7-25-21/h3-7,10-13,23H,8-9,14-15H2,1-2H3,(H,26,27,28). The van der Waals surface area contributed by atoms with Crippen molar-refractivity contribution in [1.82, 2.24) is 19.9 Å². The van der Waals surface area contributed by atoms with Gasteiger partial charge in [0, 0.05) is 53.7 Å². The van der Waals surface area contributed by atoms with E-state index in [4.69, 9.17) is 9.72 Å². The van der Waals surface area contributed by atoms with Crippen molar-refractivity contribution in [2.45, 2.75) is 26.5 Å². The van der Waals surface area contributed by atoms with Gasteiger partial charge in [-0.05, 0) is 49.7 Å². The third kappa shape index (κ3) is 4.74. The predicted octanol–water partition coefficient (Wildman–Crippen LogP) is 5.02. The van der Waals surface area contributed by atoms with Crippen molar-refractivity contribution in [2.75, 3.05) is 25.0 Å². The van der Waals surface area contributed by atoms with Crippen LogP contribution in [-0.4, -0.2) is 39.5 Å². The smallest absolute Gasteiger partial charge is 0.187 e. The summed E-state index contributed by atoms with van der Waals surface area (Å²) in [6.07, 6.45) is 3.67. The zero-order valence-electron chi connectivity index (χ0n) is 17.7. The predicted molar refractivity (Wildman–Crippen MR) is 125 cm³/mol. The Morgan fingerprint density at radius 3 is 2.97 bits per heavy atom. The van der Waals surface area contributed by atoms with Gasteiger partial charge in [0.1, 0.15) is 6.10 Å². The van der Waals surface area contributed by atoms with Crippen LogP contribution in [0.1, 0.15) is 27.9 Å². The van der Waals surface area contributed by atoms with Crippen LogP contribution in [0.15, 0.2) is 54.9 Å². The number of anilines is 2. The van der Waals surface area contributed by atoms with E-state index in [1.807, 2.05) is 31.5 Å². The molecule has 0 radical (unpaired) electrons. The van der Waals surface area contributed by atoms with Crippen molar-refractivity contribution >= 4 is 33.1 Å². The summed E-state index contributed by atoms with van der Waals surface area (Å²) in [5.41, 5.74) is 5.25. The summed E-state index contributed by atoms with van der Waals surface area (Å²) >= 11 is 1.65. The Morgan fingerprint density at radius 2 is 2.10 bits per heavy atom. The molecule has 1 aromatic carbocycles. The van der Waals surface area contributed by atoms with Gasteiger partial charge in [0.05, 0.1) is 17.8 Å². The second kappa shape index (κ2) is 8.70. The normalized spacial score (nSPS) is 17.2. The highest BCUT2D eigenvalue weighted by molar-refractivity contribution is 7.15. The molecule has 1 unspecified atom stereocenters. The monoisotopic (exact) mass is 431 g/mol. The number of ether oxygens (including phenoxy) is 1. The molecule has 4 heterocycles. The summed E-state index contributed by atoms with van der Waals surface area (Å²) in [5.74, 6) is 0. The van der Waals surface area contributed by atoms with Crippen LogP contribution >= 0.6 is 11.3 Å². The molecule has 31 heavy (non-hydrogen) atoms. The van der Waals surface area contributed by atoms with Gasteiger partial charge in [-0.3, -0.25) is 14.9 Å². The minimum absolute atomic E-state index is 0.0469. The molecule has 158 valence electrons. The van der Waals surface area contributed by atoms with Gasteiger partial charge in [-0.25, -0.2) is 4.98 Å². The molecule has 0 bridgehead atoms. The molecule has 0 saturated carbocycles. The van der Waals surface area contributed by atoms with E-state index in [9.17, 15) is 0 Å². The molecule has 7 heteroatoms. The van der Waals surface area contributed by atoms with E-state index >= 15 is 0 Å². The van der Waals surface area contributed by atoms with Crippen LogP contribution in [0, 0.1) is 13.8 Å². The highest BCUT2D eigenvalue weighted by atomic mass is 32.1. The first-order chi connectivity index (χ1) is 15.1. The maximum absolute atomic E-state index is 6.11. The summed E-state index contributed by atoms with van der Waals surface area (Å²) in [6.45, 7) is 7.40. The Morgan fingerprint density at radius 1 is 1.16 bits per heavy atom. The second-order valence-corrected chi connectivity index (χ2v) is 9.18. The number of rotatable bonds is 5. The van der Waals surface area contributed by atoms with E-state index in [2.05, 4.69) is 57.4 Å². The molecule has 0 spiro atoms.